The molecule has 16 heteroatoms. The van der Waals surface area contributed by atoms with Crippen LogP contribution in [0.1, 0.15) is 30.9 Å². The number of benzene rings is 2. The molecule has 0 radical (unpaired) electrons. The second-order valence-corrected chi connectivity index (χ2v) is 11.7. The maximum absolute atomic E-state index is 14.0. The minimum absolute atomic E-state index is 0.113. The van der Waals surface area contributed by atoms with Crippen LogP contribution in [0.5, 0.6) is 5.75 Å². The normalized spacial score (nSPS) is 16.9. The SMILES string of the molecule is C=CN=C(/C=C\N)CC(=O)N1CCN(S(=O)(=O)c2ccc(OC(F)(F)F)cc2)[C@@H](C(=O)NCc2ccc(C(F)(F)CC)cc2)C1. The predicted molar refractivity (Wildman–Crippen MR) is 155 cm³/mol. The lowest BCUT2D eigenvalue weighted by Crippen LogP contribution is -2.61. The van der Waals surface area contributed by atoms with Crippen LogP contribution in [0.3, 0.4) is 0 Å². The minimum Gasteiger partial charge on any atom is -0.406 e. The van der Waals surface area contributed by atoms with Crippen molar-refractivity contribution in [3.05, 3.63) is 84.7 Å². The third-order valence-electron chi connectivity index (χ3n) is 6.82. The number of alkyl halides is 5. The Morgan fingerprint density at radius 2 is 1.73 bits per heavy atom. The van der Waals surface area contributed by atoms with E-state index in [4.69, 9.17) is 5.73 Å². The Hall–Kier alpha value is -4.31. The van der Waals surface area contributed by atoms with Gasteiger partial charge < -0.3 is 20.7 Å². The summed E-state index contributed by atoms with van der Waals surface area (Å²) >= 11 is 0. The first-order chi connectivity index (χ1) is 21.1. The standard InChI is InChI=1S/C29H32F5N5O5S/c1-3-28(30,31)21-7-5-20(6-8-21)18-37-27(41)25-19-38(26(40)17-22(13-14-35)36-4-2)15-16-39(25)45(42,43)24-11-9-23(10-12-24)44-29(32,33)34/h4-14,25H,2-3,15-19,35H2,1H3,(H,37,41)/b14-13-,36-22?/t25-/m1/s1. The number of ether oxygens (including phenoxy) is 1. The molecule has 1 saturated heterocycles. The van der Waals surface area contributed by atoms with Crippen LogP contribution >= 0.6 is 0 Å². The predicted octanol–water partition coefficient (Wildman–Crippen LogP) is 4.05. The summed E-state index contributed by atoms with van der Waals surface area (Å²) in [6, 6.07) is 7.29. The van der Waals surface area contributed by atoms with Gasteiger partial charge in [-0.25, -0.2) is 17.2 Å². The molecular weight excluding hydrogens is 625 g/mol. The number of halogens is 5. The van der Waals surface area contributed by atoms with Crippen LogP contribution in [0, 0.1) is 0 Å². The summed E-state index contributed by atoms with van der Waals surface area (Å²) in [5, 5.41) is 2.59. The highest BCUT2D eigenvalue weighted by atomic mass is 32.2. The first-order valence-electron chi connectivity index (χ1n) is 13.6. The van der Waals surface area contributed by atoms with Crippen LogP contribution in [0.15, 0.2) is 83.5 Å². The van der Waals surface area contributed by atoms with E-state index in [0.717, 1.165) is 28.6 Å². The smallest absolute Gasteiger partial charge is 0.406 e. The second-order valence-electron chi connectivity index (χ2n) is 9.80. The fourth-order valence-corrected chi connectivity index (χ4v) is 6.03. The summed E-state index contributed by atoms with van der Waals surface area (Å²) in [5.74, 6) is -4.94. The number of nitrogens with one attached hydrogen (secondary N) is 1. The van der Waals surface area contributed by atoms with Crippen molar-refractivity contribution in [3.63, 3.8) is 0 Å². The van der Waals surface area contributed by atoms with E-state index in [0.29, 0.717) is 5.56 Å². The molecule has 1 aliphatic rings. The average molecular weight is 658 g/mol. The molecule has 0 unspecified atom stereocenters. The van der Waals surface area contributed by atoms with Gasteiger partial charge >= 0.3 is 6.36 Å². The fraction of sp³-hybridized carbons (Fsp3) is 0.345. The molecule has 1 aliphatic heterocycles. The lowest BCUT2D eigenvalue weighted by molar-refractivity contribution is -0.274. The number of carbonyl (C=O) groups is 2. The maximum atomic E-state index is 14.0. The molecule has 244 valence electrons. The van der Waals surface area contributed by atoms with E-state index in [2.05, 4.69) is 21.6 Å². The molecule has 1 heterocycles. The quantitative estimate of drug-likeness (QED) is 0.261. The number of aliphatic imine (C=N–C) groups is 1. The first kappa shape index (κ1) is 35.2. The topological polar surface area (TPSA) is 134 Å². The van der Waals surface area contributed by atoms with Gasteiger partial charge in [-0.05, 0) is 42.1 Å². The van der Waals surface area contributed by atoms with Crippen LogP contribution in [0.4, 0.5) is 22.0 Å². The zero-order valence-corrected chi connectivity index (χ0v) is 25.0. The number of amides is 2. The van der Waals surface area contributed by atoms with Crippen LogP contribution < -0.4 is 15.8 Å². The summed E-state index contributed by atoms with van der Waals surface area (Å²) in [7, 11) is -4.46. The number of nitrogens with zero attached hydrogens (tertiary/aromatic N) is 3. The highest BCUT2D eigenvalue weighted by molar-refractivity contribution is 7.89. The van der Waals surface area contributed by atoms with Crippen molar-refractivity contribution in [3.8, 4) is 5.75 Å². The Kier molecular flexibility index (Phi) is 11.4. The molecule has 3 N–H and O–H groups in total. The van der Waals surface area contributed by atoms with E-state index in [1.165, 1.54) is 54.6 Å². The van der Waals surface area contributed by atoms with Gasteiger partial charge in [0.15, 0.2) is 0 Å². The van der Waals surface area contributed by atoms with Crippen molar-refractivity contribution >= 4 is 27.5 Å². The Bertz CT molecular complexity index is 1530. The molecule has 0 aliphatic carbocycles. The molecule has 3 rings (SSSR count). The Morgan fingerprint density at radius 1 is 1.09 bits per heavy atom. The van der Waals surface area contributed by atoms with Crippen molar-refractivity contribution in [2.75, 3.05) is 19.6 Å². The highest BCUT2D eigenvalue weighted by Crippen LogP contribution is 2.31. The highest BCUT2D eigenvalue weighted by Gasteiger charge is 2.41. The molecule has 2 aromatic carbocycles. The average Bonchev–Trinajstić information content (AvgIpc) is 2.99. The van der Waals surface area contributed by atoms with Crippen LogP contribution in [-0.4, -0.2) is 67.2 Å². The van der Waals surface area contributed by atoms with E-state index in [1.54, 1.807) is 0 Å². The number of piperazine rings is 1. The van der Waals surface area contributed by atoms with E-state index in [9.17, 15) is 40.0 Å². The number of sulfonamides is 1. The third-order valence-corrected chi connectivity index (χ3v) is 8.74. The molecule has 2 aromatic rings. The number of hydrogen-bond acceptors (Lipinski definition) is 7. The molecule has 1 atom stereocenters. The summed E-state index contributed by atoms with van der Waals surface area (Å²) in [5.41, 5.74) is 5.93. The van der Waals surface area contributed by atoms with Crippen molar-refractivity contribution < 1.29 is 44.7 Å². The zero-order chi connectivity index (χ0) is 33.4. The lowest BCUT2D eigenvalue weighted by atomic mass is 10.0. The number of allylic oxidation sites excluding steroid dienone is 1. The molecular formula is C29H32F5N5O5S. The Balaban J connectivity index is 1.86. The van der Waals surface area contributed by atoms with Gasteiger partial charge in [-0.3, -0.25) is 14.6 Å². The van der Waals surface area contributed by atoms with Crippen molar-refractivity contribution in [2.24, 2.45) is 10.7 Å². The van der Waals surface area contributed by atoms with Gasteiger partial charge in [-0.2, -0.15) is 4.31 Å². The zero-order valence-electron chi connectivity index (χ0n) is 24.1. The van der Waals surface area contributed by atoms with Crippen molar-refractivity contribution in [1.29, 1.82) is 0 Å². The molecule has 0 aromatic heterocycles. The van der Waals surface area contributed by atoms with Crippen LogP contribution in [0.2, 0.25) is 0 Å². The molecule has 0 bridgehead atoms. The van der Waals surface area contributed by atoms with Gasteiger partial charge in [0.2, 0.25) is 21.8 Å². The van der Waals surface area contributed by atoms with Crippen molar-refractivity contribution in [2.45, 2.75) is 49.5 Å². The number of hydrogen-bond donors (Lipinski definition) is 2. The molecule has 1 fully saturated rings. The Labute approximate surface area is 257 Å². The lowest BCUT2D eigenvalue weighted by Gasteiger charge is -2.39. The van der Waals surface area contributed by atoms with Crippen LogP contribution in [-0.2, 0) is 32.1 Å². The summed E-state index contributed by atoms with van der Waals surface area (Å²) in [6.45, 7) is 3.88. The van der Waals surface area contributed by atoms with Crippen LogP contribution in [0.25, 0.3) is 0 Å². The second kappa shape index (κ2) is 14.6. The summed E-state index contributed by atoms with van der Waals surface area (Å²) < 4.78 is 97.6. The monoisotopic (exact) mass is 657 g/mol. The van der Waals surface area contributed by atoms with Gasteiger partial charge in [-0.1, -0.05) is 37.8 Å². The number of carbonyl (C=O) groups excluding carboxylic acids is 2. The van der Waals surface area contributed by atoms with Gasteiger partial charge in [0.1, 0.15) is 11.8 Å². The summed E-state index contributed by atoms with van der Waals surface area (Å²) in [6.07, 6.45) is -1.83. The fourth-order valence-electron chi connectivity index (χ4n) is 4.46. The molecule has 10 nitrogen and oxygen atoms in total. The van der Waals surface area contributed by atoms with E-state index < -0.39 is 57.2 Å². The van der Waals surface area contributed by atoms with E-state index >= 15 is 0 Å². The van der Waals surface area contributed by atoms with Gasteiger partial charge in [-0.15, -0.1) is 13.2 Å². The number of rotatable bonds is 12. The van der Waals surface area contributed by atoms with Gasteiger partial charge in [0.25, 0.3) is 5.92 Å². The summed E-state index contributed by atoms with van der Waals surface area (Å²) in [4.78, 5) is 31.4. The van der Waals surface area contributed by atoms with E-state index in [1.807, 2.05) is 0 Å². The third kappa shape index (κ3) is 9.34. The first-order valence-corrected chi connectivity index (χ1v) is 15.0. The molecule has 2 amide bonds. The van der Waals surface area contributed by atoms with Gasteiger partial charge in [0.05, 0.1) is 17.0 Å². The molecule has 45 heavy (non-hydrogen) atoms. The largest absolute Gasteiger partial charge is 0.573 e. The van der Waals surface area contributed by atoms with E-state index in [-0.39, 0.29) is 43.9 Å². The molecule has 0 spiro atoms. The Morgan fingerprint density at radius 3 is 2.29 bits per heavy atom. The van der Waals surface area contributed by atoms with Crippen molar-refractivity contribution in [1.82, 2.24) is 14.5 Å². The maximum Gasteiger partial charge on any atom is 0.573 e. The molecule has 0 saturated carbocycles. The minimum atomic E-state index is -4.99. The van der Waals surface area contributed by atoms with Gasteiger partial charge in [0, 0.05) is 44.4 Å². The number of nitrogens with two attached hydrogens (primary N) is 1.